The van der Waals surface area contributed by atoms with Gasteiger partial charge in [0.1, 0.15) is 0 Å². The van der Waals surface area contributed by atoms with E-state index in [1.807, 2.05) is 44.2 Å². The lowest BCUT2D eigenvalue weighted by atomic mass is 9.95. The summed E-state index contributed by atoms with van der Waals surface area (Å²) in [6.45, 7) is 7.43. The first-order chi connectivity index (χ1) is 20.3. The molecule has 1 N–H and O–H groups in total. The van der Waals surface area contributed by atoms with E-state index in [4.69, 9.17) is 14.2 Å². The Hall–Kier alpha value is -4.64. The smallest absolute Gasteiger partial charge is 0.343 e. The molecule has 1 atom stereocenters. The van der Waals surface area contributed by atoms with E-state index < -0.39 is 18.0 Å². The number of carbonyl (C=O) groups excluding carboxylic acids is 2. The number of aryl methyl sites for hydroxylation is 1. The lowest BCUT2D eigenvalue weighted by Crippen LogP contribution is -2.40. The van der Waals surface area contributed by atoms with Crippen molar-refractivity contribution in [1.82, 2.24) is 9.55 Å². The third kappa shape index (κ3) is 5.35. The number of H-pyrrole nitrogens is 1. The molecule has 4 aromatic rings. The van der Waals surface area contributed by atoms with Crippen LogP contribution in [0.25, 0.3) is 17.0 Å². The predicted molar refractivity (Wildman–Crippen MR) is 159 cm³/mol. The van der Waals surface area contributed by atoms with E-state index in [1.54, 1.807) is 32.0 Å². The zero-order chi connectivity index (χ0) is 30.0. The number of ether oxygens (including phenoxy) is 4. The minimum atomic E-state index is -0.833. The SMILES string of the molecule is CCOC(=O)C1=C(C)N=c2s/c(=C\c3c(C)[nH]c4ccccc34)c(=O)n2[C@@H]1c1ccc(OCC(=O)OC)c(OCC)c1. The van der Waals surface area contributed by atoms with E-state index in [1.165, 1.54) is 23.0 Å². The molecule has 0 bridgehead atoms. The van der Waals surface area contributed by atoms with Crippen molar-refractivity contribution < 1.29 is 28.5 Å². The topological polar surface area (TPSA) is 121 Å². The summed E-state index contributed by atoms with van der Waals surface area (Å²) in [5.41, 5.74) is 3.85. The van der Waals surface area contributed by atoms with E-state index in [0.29, 0.717) is 38.7 Å². The number of hydrogen-bond acceptors (Lipinski definition) is 9. The van der Waals surface area contributed by atoms with Crippen molar-refractivity contribution in [2.45, 2.75) is 33.7 Å². The molecule has 0 saturated carbocycles. The fraction of sp³-hybridized carbons (Fsp3) is 0.290. The van der Waals surface area contributed by atoms with Crippen LogP contribution < -0.4 is 24.4 Å². The number of methoxy groups -OCH3 is 1. The van der Waals surface area contributed by atoms with Crippen LogP contribution in [0.3, 0.4) is 0 Å². The summed E-state index contributed by atoms with van der Waals surface area (Å²) in [6.07, 6.45) is 1.87. The van der Waals surface area contributed by atoms with Crippen molar-refractivity contribution in [2.24, 2.45) is 4.99 Å². The van der Waals surface area contributed by atoms with Crippen LogP contribution in [0.4, 0.5) is 0 Å². The van der Waals surface area contributed by atoms with Crippen LogP contribution in [0.15, 0.2) is 63.5 Å². The third-order valence-corrected chi connectivity index (χ3v) is 7.88. The monoisotopic (exact) mass is 589 g/mol. The number of benzene rings is 2. The number of aromatic nitrogens is 2. The Morgan fingerprint density at radius 1 is 1.07 bits per heavy atom. The molecule has 10 nitrogen and oxygen atoms in total. The highest BCUT2D eigenvalue weighted by Crippen LogP contribution is 2.36. The van der Waals surface area contributed by atoms with Gasteiger partial charge >= 0.3 is 11.9 Å². The Morgan fingerprint density at radius 2 is 1.86 bits per heavy atom. The normalized spacial score (nSPS) is 14.9. The predicted octanol–water partition coefficient (Wildman–Crippen LogP) is 3.54. The largest absolute Gasteiger partial charge is 0.490 e. The van der Waals surface area contributed by atoms with E-state index in [0.717, 1.165) is 22.2 Å². The molecule has 42 heavy (non-hydrogen) atoms. The lowest BCUT2D eigenvalue weighted by molar-refractivity contribution is -0.143. The molecule has 2 aromatic heterocycles. The minimum absolute atomic E-state index is 0.164. The van der Waals surface area contributed by atoms with Gasteiger partial charge in [-0.1, -0.05) is 35.6 Å². The second-order valence-electron chi connectivity index (χ2n) is 9.52. The molecule has 11 heteroatoms. The molecule has 0 aliphatic carbocycles. The quantitative estimate of drug-likeness (QED) is 0.297. The Morgan fingerprint density at radius 3 is 2.60 bits per heavy atom. The Labute approximate surface area is 245 Å². The van der Waals surface area contributed by atoms with Crippen LogP contribution in [0.1, 0.15) is 43.6 Å². The third-order valence-electron chi connectivity index (χ3n) is 6.89. The van der Waals surface area contributed by atoms with Gasteiger partial charge < -0.3 is 23.9 Å². The average molecular weight is 590 g/mol. The molecular weight excluding hydrogens is 558 g/mol. The number of fused-ring (bicyclic) bond motifs is 2. The number of rotatable bonds is 9. The zero-order valence-electron chi connectivity index (χ0n) is 24.0. The summed E-state index contributed by atoms with van der Waals surface area (Å²) >= 11 is 1.26. The van der Waals surface area contributed by atoms with Crippen LogP contribution in [-0.4, -0.2) is 48.4 Å². The van der Waals surface area contributed by atoms with Crippen molar-refractivity contribution >= 4 is 40.3 Å². The first kappa shape index (κ1) is 28.9. The lowest BCUT2D eigenvalue weighted by Gasteiger charge is -2.25. The number of para-hydroxylation sites is 1. The molecule has 0 unspecified atom stereocenters. The molecule has 0 fully saturated rings. The zero-order valence-corrected chi connectivity index (χ0v) is 24.8. The molecule has 0 saturated heterocycles. The summed E-state index contributed by atoms with van der Waals surface area (Å²) in [4.78, 5) is 47.5. The average Bonchev–Trinajstić information content (AvgIpc) is 3.46. The van der Waals surface area contributed by atoms with Crippen molar-refractivity contribution in [1.29, 1.82) is 0 Å². The fourth-order valence-corrected chi connectivity index (χ4v) is 6.03. The second-order valence-corrected chi connectivity index (χ2v) is 10.5. The maximum atomic E-state index is 14.1. The summed E-state index contributed by atoms with van der Waals surface area (Å²) in [5.74, 6) is -0.420. The first-order valence-corrected chi connectivity index (χ1v) is 14.3. The van der Waals surface area contributed by atoms with Gasteiger partial charge in [-0.2, -0.15) is 0 Å². The van der Waals surface area contributed by atoms with E-state index in [-0.39, 0.29) is 24.3 Å². The van der Waals surface area contributed by atoms with Gasteiger partial charge in [0, 0.05) is 22.2 Å². The van der Waals surface area contributed by atoms with Crippen molar-refractivity contribution in [3.63, 3.8) is 0 Å². The molecule has 2 aromatic carbocycles. The molecule has 0 amide bonds. The van der Waals surface area contributed by atoms with Gasteiger partial charge in [0.25, 0.3) is 5.56 Å². The fourth-order valence-electron chi connectivity index (χ4n) is 5.00. The number of thiazole rings is 1. The van der Waals surface area contributed by atoms with Gasteiger partial charge in [-0.25, -0.2) is 14.6 Å². The van der Waals surface area contributed by atoms with Crippen LogP contribution >= 0.6 is 11.3 Å². The number of carbonyl (C=O) groups is 2. The number of esters is 2. The van der Waals surface area contributed by atoms with Gasteiger partial charge in [-0.15, -0.1) is 0 Å². The summed E-state index contributed by atoms with van der Waals surface area (Å²) < 4.78 is 23.5. The van der Waals surface area contributed by atoms with E-state index in [9.17, 15) is 14.4 Å². The highest BCUT2D eigenvalue weighted by Gasteiger charge is 2.34. The molecule has 5 rings (SSSR count). The summed E-state index contributed by atoms with van der Waals surface area (Å²) in [5, 5.41) is 1.00. The second kappa shape index (κ2) is 12.1. The van der Waals surface area contributed by atoms with Gasteiger partial charge in [0.05, 0.1) is 42.2 Å². The number of nitrogens with one attached hydrogen (secondary N) is 1. The van der Waals surface area contributed by atoms with Gasteiger partial charge in [-0.3, -0.25) is 9.36 Å². The van der Waals surface area contributed by atoms with Crippen LogP contribution in [0, 0.1) is 6.92 Å². The molecule has 1 aliphatic rings. The number of allylic oxidation sites excluding steroid dienone is 1. The van der Waals surface area contributed by atoms with Gasteiger partial charge in [-0.05, 0) is 57.5 Å². The maximum absolute atomic E-state index is 14.1. The Bertz CT molecular complexity index is 1900. The summed E-state index contributed by atoms with van der Waals surface area (Å²) in [6, 6.07) is 12.2. The number of nitrogens with zero attached hydrogens (tertiary/aromatic N) is 2. The highest BCUT2D eigenvalue weighted by atomic mass is 32.1. The Balaban J connectivity index is 1.69. The van der Waals surface area contributed by atoms with E-state index in [2.05, 4.69) is 14.7 Å². The number of hydrogen-bond donors (Lipinski definition) is 1. The van der Waals surface area contributed by atoms with Crippen LogP contribution in [-0.2, 0) is 19.1 Å². The summed E-state index contributed by atoms with van der Waals surface area (Å²) in [7, 11) is 1.28. The highest BCUT2D eigenvalue weighted by molar-refractivity contribution is 7.07. The number of aromatic amines is 1. The van der Waals surface area contributed by atoms with Crippen molar-refractivity contribution in [2.75, 3.05) is 26.9 Å². The van der Waals surface area contributed by atoms with Crippen molar-refractivity contribution in [3.8, 4) is 11.5 Å². The molecule has 3 heterocycles. The van der Waals surface area contributed by atoms with Crippen LogP contribution in [0.2, 0.25) is 0 Å². The maximum Gasteiger partial charge on any atom is 0.343 e. The van der Waals surface area contributed by atoms with Crippen LogP contribution in [0.5, 0.6) is 11.5 Å². The Kier molecular flexibility index (Phi) is 8.30. The molecule has 1 aliphatic heterocycles. The molecule has 0 spiro atoms. The van der Waals surface area contributed by atoms with E-state index >= 15 is 0 Å². The molecule has 218 valence electrons. The minimum Gasteiger partial charge on any atom is -0.490 e. The van der Waals surface area contributed by atoms with Crippen molar-refractivity contribution in [3.05, 3.63) is 90.2 Å². The van der Waals surface area contributed by atoms with Gasteiger partial charge in [0.15, 0.2) is 22.9 Å². The first-order valence-electron chi connectivity index (χ1n) is 13.5. The standard InChI is InChI=1S/C31H31N3O7S/c1-6-39-24-14-19(12-13-23(24)41-16-26(35)38-5)28-27(30(37)40-7-2)18(4)33-31-34(28)29(36)25(42-31)15-21-17(3)32-22-11-9-8-10-20(21)22/h8-15,28,32H,6-7,16H2,1-5H3/b25-15-/t28-/m1/s1. The molecule has 0 radical (unpaired) electrons. The molecular formula is C31H31N3O7S. The van der Waals surface area contributed by atoms with Gasteiger partial charge in [0.2, 0.25) is 0 Å².